The molecule has 5 aliphatic rings. The van der Waals surface area contributed by atoms with Crippen molar-refractivity contribution < 1.29 is 22.8 Å². The van der Waals surface area contributed by atoms with Crippen LogP contribution in [-0.4, -0.2) is 59.6 Å². The number of imide groups is 1. The quantitative estimate of drug-likeness (QED) is 0.692. The first kappa shape index (κ1) is 23.4. The second-order valence-electron chi connectivity index (χ2n) is 10.7. The summed E-state index contributed by atoms with van der Waals surface area (Å²) in [5.74, 6) is 2.27. The Morgan fingerprint density at radius 1 is 1.03 bits per heavy atom. The molecule has 4 saturated carbocycles. The van der Waals surface area contributed by atoms with Gasteiger partial charge in [0.1, 0.15) is 5.82 Å². The van der Waals surface area contributed by atoms with E-state index in [4.69, 9.17) is 0 Å². The standard InChI is InChI=1S/C24H32F3N5O2/c1-15(31-4-6-32(7-5-31)20-3-2-19(14-28-20)24(25,26)27)21(33)29-22(34)30-23-11-16-8-17(12-23)10-18(9-16)13-23/h2-3,14-18H,4-13H2,1H3,(H2,29,30,33,34). The Kier molecular flexibility index (Phi) is 5.98. The summed E-state index contributed by atoms with van der Waals surface area (Å²) in [6, 6.07) is 1.53. The van der Waals surface area contributed by atoms with Gasteiger partial charge in [-0.3, -0.25) is 15.0 Å². The molecular weight excluding hydrogens is 447 g/mol. The average Bonchev–Trinajstić information content (AvgIpc) is 2.77. The molecule has 1 unspecified atom stereocenters. The largest absolute Gasteiger partial charge is 0.417 e. The van der Waals surface area contributed by atoms with E-state index in [0.717, 1.165) is 31.5 Å². The number of hydrogen-bond donors (Lipinski definition) is 2. The first-order chi connectivity index (χ1) is 16.1. The van der Waals surface area contributed by atoms with Gasteiger partial charge in [0.25, 0.3) is 0 Å². The molecule has 1 saturated heterocycles. The summed E-state index contributed by atoms with van der Waals surface area (Å²) in [5, 5.41) is 5.72. The van der Waals surface area contributed by atoms with Gasteiger partial charge in [0, 0.05) is 37.9 Å². The predicted molar refractivity (Wildman–Crippen MR) is 120 cm³/mol. The fraction of sp³-hybridized carbons (Fsp3) is 0.708. The highest BCUT2D eigenvalue weighted by Gasteiger charge is 2.51. The third kappa shape index (κ3) is 4.74. The number of urea groups is 1. The van der Waals surface area contributed by atoms with Gasteiger partial charge in [0.15, 0.2) is 0 Å². The maximum atomic E-state index is 12.8. The monoisotopic (exact) mass is 479 g/mol. The van der Waals surface area contributed by atoms with Crippen LogP contribution in [0.2, 0.25) is 0 Å². The van der Waals surface area contributed by atoms with Gasteiger partial charge >= 0.3 is 12.2 Å². The van der Waals surface area contributed by atoms with Crippen LogP contribution in [0.15, 0.2) is 18.3 Å². The number of alkyl halides is 3. The van der Waals surface area contributed by atoms with Gasteiger partial charge in [-0.05, 0) is 75.3 Å². The van der Waals surface area contributed by atoms with Gasteiger partial charge in [-0.25, -0.2) is 9.78 Å². The van der Waals surface area contributed by atoms with Crippen LogP contribution in [-0.2, 0) is 11.0 Å². The zero-order valence-corrected chi connectivity index (χ0v) is 19.4. The molecule has 0 aromatic carbocycles. The lowest BCUT2D eigenvalue weighted by Gasteiger charge is -2.56. The highest BCUT2D eigenvalue weighted by atomic mass is 19.4. The number of carbonyl (C=O) groups excluding carboxylic acids is 2. The number of carbonyl (C=O) groups is 2. The molecule has 7 nitrogen and oxygen atoms in total. The first-order valence-electron chi connectivity index (χ1n) is 12.3. The summed E-state index contributed by atoms with van der Waals surface area (Å²) < 4.78 is 38.3. The van der Waals surface area contributed by atoms with Crippen molar-refractivity contribution in [2.75, 3.05) is 31.1 Å². The number of nitrogens with one attached hydrogen (secondary N) is 2. The molecule has 186 valence electrons. The SMILES string of the molecule is CC(C(=O)NC(=O)NC12CC3CC(CC(C3)C1)C2)N1CCN(c2ccc(C(F)(F)F)cn2)CC1. The van der Waals surface area contributed by atoms with E-state index in [2.05, 4.69) is 15.6 Å². The highest BCUT2D eigenvalue weighted by Crippen LogP contribution is 2.55. The minimum atomic E-state index is -4.41. The molecule has 34 heavy (non-hydrogen) atoms. The lowest BCUT2D eigenvalue weighted by molar-refractivity contribution is -0.137. The highest BCUT2D eigenvalue weighted by molar-refractivity contribution is 5.97. The van der Waals surface area contributed by atoms with Gasteiger partial charge in [0.2, 0.25) is 5.91 Å². The van der Waals surface area contributed by atoms with Crippen LogP contribution in [0.4, 0.5) is 23.8 Å². The molecule has 6 rings (SSSR count). The van der Waals surface area contributed by atoms with E-state index in [1.807, 2.05) is 9.80 Å². The number of piperazine rings is 1. The van der Waals surface area contributed by atoms with Crippen molar-refractivity contribution >= 4 is 17.8 Å². The van der Waals surface area contributed by atoms with Gasteiger partial charge in [0.05, 0.1) is 11.6 Å². The van der Waals surface area contributed by atoms with E-state index in [9.17, 15) is 22.8 Å². The van der Waals surface area contributed by atoms with Gasteiger partial charge < -0.3 is 10.2 Å². The topological polar surface area (TPSA) is 77.6 Å². The molecule has 10 heteroatoms. The van der Waals surface area contributed by atoms with Crippen molar-refractivity contribution in [3.63, 3.8) is 0 Å². The van der Waals surface area contributed by atoms with Crippen LogP contribution < -0.4 is 15.5 Å². The minimum absolute atomic E-state index is 0.150. The molecule has 2 N–H and O–H groups in total. The summed E-state index contributed by atoms with van der Waals surface area (Å²) in [5.41, 5.74) is -0.921. The molecule has 1 aromatic heterocycles. The molecule has 1 aromatic rings. The minimum Gasteiger partial charge on any atom is -0.354 e. The van der Waals surface area contributed by atoms with Gasteiger partial charge in [-0.2, -0.15) is 13.2 Å². The molecule has 3 amide bonds. The van der Waals surface area contributed by atoms with Crippen LogP contribution in [0.1, 0.15) is 51.0 Å². The number of halogens is 3. The molecule has 1 atom stereocenters. The fourth-order valence-corrected chi connectivity index (χ4v) is 7.00. The van der Waals surface area contributed by atoms with Gasteiger partial charge in [-0.1, -0.05) is 0 Å². The molecule has 5 fully saturated rings. The molecule has 4 bridgehead atoms. The Labute approximate surface area is 197 Å². The van der Waals surface area contributed by atoms with E-state index >= 15 is 0 Å². The molecule has 0 radical (unpaired) electrons. The van der Waals surface area contributed by atoms with Crippen molar-refractivity contribution in [2.45, 2.75) is 63.2 Å². The lowest BCUT2D eigenvalue weighted by Crippen LogP contribution is -2.63. The third-order valence-corrected chi connectivity index (χ3v) is 8.29. The number of nitrogens with zero attached hydrogens (tertiary/aromatic N) is 3. The Morgan fingerprint density at radius 2 is 1.62 bits per heavy atom. The Balaban J connectivity index is 1.10. The Bertz CT molecular complexity index is 892. The van der Waals surface area contributed by atoms with Crippen LogP contribution in [0, 0.1) is 17.8 Å². The zero-order valence-electron chi connectivity index (χ0n) is 19.4. The van der Waals surface area contributed by atoms with E-state index in [-0.39, 0.29) is 11.4 Å². The number of amides is 3. The molecule has 1 aliphatic heterocycles. The van der Waals surface area contributed by atoms with Crippen LogP contribution in [0.25, 0.3) is 0 Å². The molecule has 4 aliphatic carbocycles. The third-order valence-electron chi connectivity index (χ3n) is 8.29. The smallest absolute Gasteiger partial charge is 0.354 e. The summed E-state index contributed by atoms with van der Waals surface area (Å²) in [6.07, 6.45) is 3.36. The normalized spacial score (nSPS) is 31.9. The van der Waals surface area contributed by atoms with E-state index in [0.29, 0.717) is 49.8 Å². The van der Waals surface area contributed by atoms with Crippen LogP contribution >= 0.6 is 0 Å². The zero-order chi connectivity index (χ0) is 24.1. The molecule has 2 heterocycles. The summed E-state index contributed by atoms with van der Waals surface area (Å²) in [4.78, 5) is 33.3. The maximum absolute atomic E-state index is 12.8. The van der Waals surface area contributed by atoms with Crippen LogP contribution in [0.5, 0.6) is 0 Å². The van der Waals surface area contributed by atoms with Crippen molar-refractivity contribution in [3.05, 3.63) is 23.9 Å². The molecular formula is C24H32F3N5O2. The van der Waals surface area contributed by atoms with E-state index < -0.39 is 23.8 Å². The molecule has 0 spiro atoms. The fourth-order valence-electron chi connectivity index (χ4n) is 7.00. The second kappa shape index (κ2) is 8.70. The number of rotatable bonds is 4. The first-order valence-corrected chi connectivity index (χ1v) is 12.3. The van der Waals surface area contributed by atoms with Crippen molar-refractivity contribution in [1.29, 1.82) is 0 Å². The second-order valence-corrected chi connectivity index (χ2v) is 10.7. The van der Waals surface area contributed by atoms with E-state index in [1.54, 1.807) is 6.92 Å². The summed E-state index contributed by atoms with van der Waals surface area (Å²) in [7, 11) is 0. The number of anilines is 1. The Morgan fingerprint density at radius 3 is 2.12 bits per heavy atom. The van der Waals surface area contributed by atoms with Crippen molar-refractivity contribution in [3.8, 4) is 0 Å². The maximum Gasteiger partial charge on any atom is 0.417 e. The van der Waals surface area contributed by atoms with Crippen molar-refractivity contribution in [1.82, 2.24) is 20.5 Å². The van der Waals surface area contributed by atoms with Crippen LogP contribution in [0.3, 0.4) is 0 Å². The van der Waals surface area contributed by atoms with Gasteiger partial charge in [-0.15, -0.1) is 0 Å². The Hall–Kier alpha value is -2.36. The average molecular weight is 480 g/mol. The summed E-state index contributed by atoms with van der Waals surface area (Å²) in [6.45, 7) is 3.95. The number of hydrogen-bond acceptors (Lipinski definition) is 5. The van der Waals surface area contributed by atoms with E-state index in [1.165, 1.54) is 25.3 Å². The summed E-state index contributed by atoms with van der Waals surface area (Å²) >= 11 is 0. The number of aromatic nitrogens is 1. The predicted octanol–water partition coefficient (Wildman–Crippen LogP) is 3.41. The van der Waals surface area contributed by atoms with Crippen molar-refractivity contribution in [2.24, 2.45) is 17.8 Å². The number of pyridine rings is 1. The lowest BCUT2D eigenvalue weighted by atomic mass is 9.53.